The first-order chi connectivity index (χ1) is 8.93. The van der Waals surface area contributed by atoms with Gasteiger partial charge in [-0.1, -0.05) is 13.3 Å². The van der Waals surface area contributed by atoms with Crippen LogP contribution < -0.4 is 5.56 Å². The van der Waals surface area contributed by atoms with Gasteiger partial charge in [0.05, 0.1) is 12.2 Å². The molecule has 0 aromatic carbocycles. The number of aryl methyl sites for hydroxylation is 1. The van der Waals surface area contributed by atoms with Crippen LogP contribution in [-0.4, -0.2) is 17.1 Å². The first kappa shape index (κ1) is 15.5. The molecule has 1 unspecified atom stereocenters. The highest BCUT2D eigenvalue weighted by atomic mass is 16.5. The molecule has 0 radical (unpaired) electrons. The van der Waals surface area contributed by atoms with E-state index >= 15 is 0 Å². The molecule has 0 spiro atoms. The lowest BCUT2D eigenvalue weighted by Gasteiger charge is -2.20. The summed E-state index contributed by atoms with van der Waals surface area (Å²) >= 11 is 0. The molecule has 19 heavy (non-hydrogen) atoms. The van der Waals surface area contributed by atoms with E-state index in [1.165, 1.54) is 6.07 Å². The minimum atomic E-state index is -0.352. The van der Waals surface area contributed by atoms with Crippen molar-refractivity contribution in [3.8, 4) is 0 Å². The average Bonchev–Trinajstić information content (AvgIpc) is 2.28. The Labute approximate surface area is 114 Å². The normalized spacial score (nSPS) is 12.3. The van der Waals surface area contributed by atoms with Crippen LogP contribution in [0.3, 0.4) is 0 Å². The van der Waals surface area contributed by atoms with Crippen LogP contribution in [0.1, 0.15) is 61.3 Å². The van der Waals surface area contributed by atoms with E-state index in [0.717, 1.165) is 12.8 Å². The van der Waals surface area contributed by atoms with Gasteiger partial charge >= 0.3 is 5.97 Å². The molecule has 106 valence electrons. The molecule has 0 aliphatic heterocycles. The van der Waals surface area contributed by atoms with Gasteiger partial charge in [0, 0.05) is 17.8 Å². The van der Waals surface area contributed by atoms with Gasteiger partial charge < -0.3 is 9.30 Å². The van der Waals surface area contributed by atoms with Crippen molar-refractivity contribution in [1.82, 2.24) is 4.57 Å². The maximum absolute atomic E-state index is 12.1. The summed E-state index contributed by atoms with van der Waals surface area (Å²) in [5.41, 5.74) is 1.85. The van der Waals surface area contributed by atoms with Gasteiger partial charge in [-0.3, -0.25) is 4.79 Å². The van der Waals surface area contributed by atoms with Gasteiger partial charge in [-0.2, -0.15) is 0 Å². The van der Waals surface area contributed by atoms with Gasteiger partial charge in [0.2, 0.25) is 0 Å². The Hall–Kier alpha value is -1.58. The van der Waals surface area contributed by atoms with Gasteiger partial charge in [-0.25, -0.2) is 4.79 Å². The van der Waals surface area contributed by atoms with Crippen molar-refractivity contribution in [3.05, 3.63) is 33.2 Å². The molecule has 0 fully saturated rings. The maximum Gasteiger partial charge on any atom is 0.340 e. The van der Waals surface area contributed by atoms with Crippen molar-refractivity contribution in [2.75, 3.05) is 6.61 Å². The molecular weight excluding hydrogens is 242 g/mol. The zero-order valence-corrected chi connectivity index (χ0v) is 12.4. The number of aromatic nitrogens is 1. The lowest BCUT2D eigenvalue weighted by molar-refractivity contribution is 0.0523. The van der Waals surface area contributed by atoms with Crippen molar-refractivity contribution in [2.45, 2.75) is 53.5 Å². The summed E-state index contributed by atoms with van der Waals surface area (Å²) in [5, 5.41) is 0. The van der Waals surface area contributed by atoms with Crippen LogP contribution in [0.15, 0.2) is 10.9 Å². The van der Waals surface area contributed by atoms with Gasteiger partial charge in [-0.15, -0.1) is 0 Å². The van der Waals surface area contributed by atoms with Gasteiger partial charge in [0.1, 0.15) is 0 Å². The number of hydrogen-bond donors (Lipinski definition) is 0. The van der Waals surface area contributed by atoms with E-state index in [1.54, 1.807) is 18.4 Å². The number of carbonyl (C=O) groups is 1. The molecule has 1 rings (SSSR count). The molecule has 0 amide bonds. The first-order valence-corrected chi connectivity index (χ1v) is 6.83. The molecule has 1 aromatic heterocycles. The maximum atomic E-state index is 12.1. The van der Waals surface area contributed by atoms with E-state index in [1.807, 2.05) is 13.8 Å². The minimum Gasteiger partial charge on any atom is -0.462 e. The Balaban J connectivity index is 3.38. The largest absolute Gasteiger partial charge is 0.462 e. The number of carbonyl (C=O) groups excluding carboxylic acids is 1. The first-order valence-electron chi connectivity index (χ1n) is 6.83. The number of hydrogen-bond acceptors (Lipinski definition) is 3. The Bertz CT molecular complexity index is 517. The molecule has 1 aromatic rings. The smallest absolute Gasteiger partial charge is 0.340 e. The zero-order valence-electron chi connectivity index (χ0n) is 12.4. The lowest BCUT2D eigenvalue weighted by Crippen LogP contribution is -2.28. The summed E-state index contributed by atoms with van der Waals surface area (Å²) in [5.74, 6) is -0.352. The Morgan fingerprint density at radius 3 is 2.53 bits per heavy atom. The van der Waals surface area contributed by atoms with Crippen molar-refractivity contribution in [1.29, 1.82) is 0 Å². The molecule has 1 heterocycles. The number of esters is 1. The third-order valence-corrected chi connectivity index (χ3v) is 3.32. The number of pyridine rings is 1. The topological polar surface area (TPSA) is 48.3 Å². The fourth-order valence-corrected chi connectivity index (χ4v) is 2.50. The third kappa shape index (κ3) is 3.25. The summed E-state index contributed by atoms with van der Waals surface area (Å²) in [7, 11) is 0. The second-order valence-corrected chi connectivity index (χ2v) is 4.85. The molecule has 0 bridgehead atoms. The van der Waals surface area contributed by atoms with Crippen LogP contribution in [0.2, 0.25) is 0 Å². The second kappa shape index (κ2) is 6.55. The molecule has 4 nitrogen and oxygen atoms in total. The highest BCUT2D eigenvalue weighted by molar-refractivity contribution is 5.92. The van der Waals surface area contributed by atoms with E-state index in [2.05, 4.69) is 6.92 Å². The van der Waals surface area contributed by atoms with E-state index in [0.29, 0.717) is 23.4 Å². The molecular formula is C15H23NO3. The molecule has 1 atom stereocenters. The molecule has 0 saturated carbocycles. The minimum absolute atomic E-state index is 0.0519. The summed E-state index contributed by atoms with van der Waals surface area (Å²) in [4.78, 5) is 24.1. The van der Waals surface area contributed by atoms with Crippen LogP contribution in [0.5, 0.6) is 0 Å². The van der Waals surface area contributed by atoms with Crippen molar-refractivity contribution in [2.24, 2.45) is 0 Å². The van der Waals surface area contributed by atoms with E-state index in [4.69, 9.17) is 4.74 Å². The van der Waals surface area contributed by atoms with E-state index in [-0.39, 0.29) is 17.6 Å². The van der Waals surface area contributed by atoms with Gasteiger partial charge in [0.15, 0.2) is 0 Å². The zero-order chi connectivity index (χ0) is 14.6. The Kier molecular flexibility index (Phi) is 5.33. The van der Waals surface area contributed by atoms with Gasteiger partial charge in [0.25, 0.3) is 5.56 Å². The fraction of sp³-hybridized carbons (Fsp3) is 0.600. The number of nitrogens with zero attached hydrogens (tertiary/aromatic N) is 1. The monoisotopic (exact) mass is 265 g/mol. The van der Waals surface area contributed by atoms with Crippen LogP contribution in [-0.2, 0) is 4.74 Å². The highest BCUT2D eigenvalue weighted by Crippen LogP contribution is 2.19. The van der Waals surface area contributed by atoms with E-state index < -0.39 is 0 Å². The van der Waals surface area contributed by atoms with Crippen LogP contribution in [0.25, 0.3) is 0 Å². The summed E-state index contributed by atoms with van der Waals surface area (Å²) < 4.78 is 6.77. The molecule has 4 heteroatoms. The van der Waals surface area contributed by atoms with Crippen molar-refractivity contribution < 1.29 is 9.53 Å². The number of ether oxygens (including phenoxy) is 1. The predicted octanol–water partition coefficient (Wildman–Crippen LogP) is 3.00. The molecule has 0 aliphatic rings. The SMILES string of the molecule is CCCC(C)n1c(C)c(C(=O)OCC)c(C)cc1=O. The third-order valence-electron chi connectivity index (χ3n) is 3.32. The quantitative estimate of drug-likeness (QED) is 0.769. The van der Waals surface area contributed by atoms with E-state index in [9.17, 15) is 9.59 Å². The Morgan fingerprint density at radius 1 is 1.37 bits per heavy atom. The average molecular weight is 265 g/mol. The summed E-state index contributed by atoms with van der Waals surface area (Å²) in [6, 6.07) is 1.61. The molecule has 0 saturated heterocycles. The van der Waals surface area contributed by atoms with Crippen LogP contribution >= 0.6 is 0 Å². The molecule has 0 N–H and O–H groups in total. The number of rotatable bonds is 5. The standard InChI is InChI=1S/C15H23NO3/c1-6-8-11(4)16-12(5)14(15(18)19-7-2)10(3)9-13(16)17/h9,11H,6-8H2,1-5H3. The van der Waals surface area contributed by atoms with Gasteiger partial charge in [-0.05, 0) is 39.7 Å². The Morgan fingerprint density at radius 2 is 2.00 bits per heavy atom. The van der Waals surface area contributed by atoms with Crippen molar-refractivity contribution in [3.63, 3.8) is 0 Å². The summed E-state index contributed by atoms with van der Waals surface area (Å²) in [6.07, 6.45) is 1.90. The predicted molar refractivity (Wildman–Crippen MR) is 75.8 cm³/mol. The second-order valence-electron chi connectivity index (χ2n) is 4.85. The lowest BCUT2D eigenvalue weighted by atomic mass is 10.1. The van der Waals surface area contributed by atoms with Crippen LogP contribution in [0, 0.1) is 13.8 Å². The van der Waals surface area contributed by atoms with Crippen molar-refractivity contribution >= 4 is 5.97 Å². The molecule has 0 aliphatic carbocycles. The summed E-state index contributed by atoms with van der Waals surface area (Å²) in [6.45, 7) is 9.78. The van der Waals surface area contributed by atoms with Crippen LogP contribution in [0.4, 0.5) is 0 Å². The fourth-order valence-electron chi connectivity index (χ4n) is 2.50. The highest BCUT2D eigenvalue weighted by Gasteiger charge is 2.19.